The van der Waals surface area contributed by atoms with E-state index in [1.165, 1.54) is 31.4 Å². The highest BCUT2D eigenvalue weighted by molar-refractivity contribution is 5.95. The van der Waals surface area contributed by atoms with E-state index < -0.39 is 10.8 Å². The van der Waals surface area contributed by atoms with Crippen LogP contribution in [0.5, 0.6) is 0 Å². The van der Waals surface area contributed by atoms with Crippen LogP contribution in [0.4, 0.5) is 5.69 Å². The topological polar surface area (TPSA) is 89.8 Å². The summed E-state index contributed by atoms with van der Waals surface area (Å²) >= 11 is 0. The average molecular weight is 362 g/mol. The number of nitrogens with zero attached hydrogens (tertiary/aromatic N) is 2. The van der Waals surface area contributed by atoms with Gasteiger partial charge in [0, 0.05) is 30.3 Å². The monoisotopic (exact) mass is 362 g/mol. The SMILES string of the molecule is COC(=O)C(C)CN(C(=O)c1ccc([N+](=O)[O-])cc1)C1CCCCCC1. The van der Waals surface area contributed by atoms with Crippen molar-refractivity contribution < 1.29 is 19.2 Å². The molecule has 0 spiro atoms. The van der Waals surface area contributed by atoms with Gasteiger partial charge in [-0.1, -0.05) is 32.6 Å². The van der Waals surface area contributed by atoms with Gasteiger partial charge in [-0.3, -0.25) is 19.7 Å². The molecule has 0 radical (unpaired) electrons. The molecule has 7 heteroatoms. The lowest BCUT2D eigenvalue weighted by Crippen LogP contribution is -2.44. The summed E-state index contributed by atoms with van der Waals surface area (Å²) in [5.74, 6) is -0.965. The molecule has 1 aliphatic rings. The molecular weight excluding hydrogens is 336 g/mol. The summed E-state index contributed by atoms with van der Waals surface area (Å²) in [5, 5.41) is 10.8. The molecule has 0 aromatic heterocycles. The van der Waals surface area contributed by atoms with Crippen molar-refractivity contribution in [2.75, 3.05) is 13.7 Å². The van der Waals surface area contributed by atoms with E-state index in [-0.39, 0.29) is 30.2 Å². The number of amides is 1. The second kappa shape index (κ2) is 9.31. The van der Waals surface area contributed by atoms with Crippen LogP contribution in [0.15, 0.2) is 24.3 Å². The summed E-state index contributed by atoms with van der Waals surface area (Å²) in [6.07, 6.45) is 6.24. The fourth-order valence-corrected chi connectivity index (χ4v) is 3.43. The van der Waals surface area contributed by atoms with Crippen molar-refractivity contribution in [2.24, 2.45) is 5.92 Å². The molecule has 1 unspecified atom stereocenters. The second-order valence-corrected chi connectivity index (χ2v) is 6.83. The highest BCUT2D eigenvalue weighted by atomic mass is 16.6. The Balaban J connectivity index is 2.23. The number of carbonyl (C=O) groups excluding carboxylic acids is 2. The van der Waals surface area contributed by atoms with E-state index in [1.54, 1.807) is 11.8 Å². The minimum atomic E-state index is -0.489. The van der Waals surface area contributed by atoms with Gasteiger partial charge in [-0.2, -0.15) is 0 Å². The van der Waals surface area contributed by atoms with Crippen LogP contribution >= 0.6 is 0 Å². The molecule has 2 rings (SSSR count). The van der Waals surface area contributed by atoms with Crippen LogP contribution in [0, 0.1) is 16.0 Å². The van der Waals surface area contributed by atoms with Gasteiger partial charge in [-0.05, 0) is 25.0 Å². The second-order valence-electron chi connectivity index (χ2n) is 6.83. The summed E-state index contributed by atoms with van der Waals surface area (Å²) < 4.78 is 4.80. The van der Waals surface area contributed by atoms with Gasteiger partial charge in [-0.15, -0.1) is 0 Å². The maximum Gasteiger partial charge on any atom is 0.310 e. The number of benzene rings is 1. The number of rotatable bonds is 6. The Hall–Kier alpha value is -2.44. The van der Waals surface area contributed by atoms with E-state index in [0.29, 0.717) is 5.56 Å². The molecule has 1 amide bonds. The number of nitro groups is 1. The molecule has 0 heterocycles. The number of hydrogen-bond donors (Lipinski definition) is 0. The van der Waals surface area contributed by atoms with E-state index in [4.69, 9.17) is 4.74 Å². The van der Waals surface area contributed by atoms with Crippen molar-refractivity contribution in [3.63, 3.8) is 0 Å². The van der Waals surface area contributed by atoms with Crippen LogP contribution in [-0.4, -0.2) is 41.4 Å². The molecule has 0 aliphatic heterocycles. The molecule has 7 nitrogen and oxygen atoms in total. The van der Waals surface area contributed by atoms with Crippen LogP contribution in [0.2, 0.25) is 0 Å². The Labute approximate surface area is 153 Å². The van der Waals surface area contributed by atoms with Gasteiger partial charge in [-0.25, -0.2) is 0 Å². The Bertz CT molecular complexity index is 636. The number of hydrogen-bond acceptors (Lipinski definition) is 5. The number of esters is 1. The zero-order valence-corrected chi connectivity index (χ0v) is 15.3. The van der Waals surface area contributed by atoms with Crippen LogP contribution in [0.1, 0.15) is 55.8 Å². The van der Waals surface area contributed by atoms with E-state index in [2.05, 4.69) is 0 Å². The first-order valence-electron chi connectivity index (χ1n) is 9.07. The first-order chi connectivity index (χ1) is 12.4. The van der Waals surface area contributed by atoms with Gasteiger partial charge >= 0.3 is 5.97 Å². The van der Waals surface area contributed by atoms with Crippen molar-refractivity contribution in [1.82, 2.24) is 4.90 Å². The Kier molecular flexibility index (Phi) is 7.12. The lowest BCUT2D eigenvalue weighted by molar-refractivity contribution is -0.384. The molecule has 1 aromatic carbocycles. The Morgan fingerprint density at radius 3 is 2.27 bits per heavy atom. The quantitative estimate of drug-likeness (QED) is 0.334. The molecule has 1 saturated carbocycles. The summed E-state index contributed by atoms with van der Waals surface area (Å²) in [6, 6.07) is 5.71. The van der Waals surface area contributed by atoms with Crippen molar-refractivity contribution >= 4 is 17.6 Å². The maximum atomic E-state index is 13.1. The molecule has 0 bridgehead atoms. The van der Waals surface area contributed by atoms with Crippen molar-refractivity contribution in [3.05, 3.63) is 39.9 Å². The molecule has 1 atom stereocenters. The third-order valence-electron chi connectivity index (χ3n) is 4.93. The first kappa shape index (κ1) is 19.9. The molecule has 26 heavy (non-hydrogen) atoms. The van der Waals surface area contributed by atoms with Crippen molar-refractivity contribution in [3.8, 4) is 0 Å². The molecule has 0 saturated heterocycles. The van der Waals surface area contributed by atoms with Gasteiger partial charge in [0.25, 0.3) is 11.6 Å². The summed E-state index contributed by atoms with van der Waals surface area (Å²) in [4.78, 5) is 37.0. The van der Waals surface area contributed by atoms with Crippen LogP contribution in [0.25, 0.3) is 0 Å². The van der Waals surface area contributed by atoms with E-state index in [1.807, 2.05) is 0 Å². The van der Waals surface area contributed by atoms with Crippen molar-refractivity contribution in [1.29, 1.82) is 0 Å². The van der Waals surface area contributed by atoms with Crippen LogP contribution in [0.3, 0.4) is 0 Å². The lowest BCUT2D eigenvalue weighted by atomic mass is 10.0. The van der Waals surface area contributed by atoms with E-state index in [0.717, 1.165) is 38.5 Å². The molecule has 142 valence electrons. The number of nitro benzene ring substituents is 1. The number of ether oxygens (including phenoxy) is 1. The molecular formula is C19H26N2O5. The average Bonchev–Trinajstić information content (AvgIpc) is 2.94. The lowest BCUT2D eigenvalue weighted by Gasteiger charge is -2.33. The van der Waals surface area contributed by atoms with Gasteiger partial charge in [0.05, 0.1) is 18.0 Å². The third-order valence-corrected chi connectivity index (χ3v) is 4.93. The molecule has 1 aromatic rings. The van der Waals surface area contributed by atoms with E-state index >= 15 is 0 Å². The smallest absolute Gasteiger partial charge is 0.310 e. The third kappa shape index (κ3) is 5.03. The first-order valence-corrected chi connectivity index (χ1v) is 9.07. The number of carbonyl (C=O) groups is 2. The van der Waals surface area contributed by atoms with Crippen LogP contribution < -0.4 is 0 Å². The van der Waals surface area contributed by atoms with E-state index in [9.17, 15) is 19.7 Å². The van der Waals surface area contributed by atoms with Gasteiger partial charge in [0.15, 0.2) is 0 Å². The number of methoxy groups -OCH3 is 1. The van der Waals surface area contributed by atoms with Crippen LogP contribution in [-0.2, 0) is 9.53 Å². The van der Waals surface area contributed by atoms with Crippen molar-refractivity contribution in [2.45, 2.75) is 51.5 Å². The summed E-state index contributed by atoms with van der Waals surface area (Å²) in [7, 11) is 1.34. The highest BCUT2D eigenvalue weighted by Crippen LogP contribution is 2.25. The fourth-order valence-electron chi connectivity index (χ4n) is 3.43. The number of non-ortho nitro benzene ring substituents is 1. The summed E-state index contributed by atoms with van der Waals surface area (Å²) in [6.45, 7) is 2.03. The minimum absolute atomic E-state index is 0.0505. The molecule has 1 aliphatic carbocycles. The van der Waals surface area contributed by atoms with Gasteiger partial charge < -0.3 is 9.64 Å². The standard InChI is InChI=1S/C19H26N2O5/c1-14(19(23)26-2)13-20(16-7-5-3-4-6-8-16)18(22)15-9-11-17(12-10-15)21(24)25/h9-12,14,16H,3-8,13H2,1-2H3. The normalized spacial score (nSPS) is 16.4. The summed E-state index contributed by atoms with van der Waals surface area (Å²) in [5.41, 5.74) is 0.349. The Morgan fingerprint density at radius 1 is 1.19 bits per heavy atom. The molecule has 1 fully saturated rings. The maximum absolute atomic E-state index is 13.1. The zero-order valence-electron chi connectivity index (χ0n) is 15.3. The largest absolute Gasteiger partial charge is 0.469 e. The zero-order chi connectivity index (χ0) is 19.1. The predicted octanol–water partition coefficient (Wildman–Crippen LogP) is 3.57. The predicted molar refractivity (Wildman–Crippen MR) is 96.8 cm³/mol. The fraction of sp³-hybridized carbons (Fsp3) is 0.579. The van der Waals surface area contributed by atoms with Gasteiger partial charge in [0.1, 0.15) is 0 Å². The Morgan fingerprint density at radius 2 is 1.77 bits per heavy atom. The highest BCUT2D eigenvalue weighted by Gasteiger charge is 2.29. The van der Waals surface area contributed by atoms with Gasteiger partial charge in [0.2, 0.25) is 0 Å². The minimum Gasteiger partial charge on any atom is -0.469 e. The molecule has 0 N–H and O–H groups in total.